The molecule has 180 valence electrons. The first-order chi connectivity index (χ1) is 14.0. The summed E-state index contributed by atoms with van der Waals surface area (Å²) in [6.07, 6.45) is -6.61. The zero-order valence-corrected chi connectivity index (χ0v) is 17.9. The summed E-state index contributed by atoms with van der Waals surface area (Å²) in [5.41, 5.74) is -3.81. The highest BCUT2D eigenvalue weighted by molar-refractivity contribution is 5.37. The summed E-state index contributed by atoms with van der Waals surface area (Å²) in [6, 6.07) is 0. The van der Waals surface area contributed by atoms with Crippen molar-refractivity contribution in [2.45, 2.75) is 95.4 Å². The molecule has 0 amide bonds. The Labute approximate surface area is 179 Å². The Hall–Kier alpha value is -1.32. The van der Waals surface area contributed by atoms with E-state index in [1.807, 2.05) is 6.08 Å². The van der Waals surface area contributed by atoms with Crippen LogP contribution in [0.25, 0.3) is 0 Å². The zero-order chi connectivity index (χ0) is 24.1. The lowest BCUT2D eigenvalue weighted by Crippen LogP contribution is -2.56. The second-order valence-electron chi connectivity index (χ2n) is 9.02. The summed E-state index contributed by atoms with van der Waals surface area (Å²) in [5.74, 6) is 0. The first kappa shape index (κ1) is 27.7. The predicted molar refractivity (Wildman–Crippen MR) is 106 cm³/mol. The van der Waals surface area contributed by atoms with E-state index >= 15 is 0 Å². The van der Waals surface area contributed by atoms with Crippen molar-refractivity contribution in [3.05, 3.63) is 36.0 Å². The van der Waals surface area contributed by atoms with Crippen LogP contribution in [0, 0.1) is 5.41 Å². The van der Waals surface area contributed by atoms with Crippen molar-refractivity contribution in [1.29, 1.82) is 0 Å². The van der Waals surface area contributed by atoms with E-state index in [9.17, 15) is 41.7 Å². The van der Waals surface area contributed by atoms with Crippen molar-refractivity contribution < 1.29 is 41.7 Å². The number of halogens is 6. The quantitative estimate of drug-likeness (QED) is 0.304. The summed E-state index contributed by atoms with van der Waals surface area (Å²) >= 11 is 0. The van der Waals surface area contributed by atoms with Crippen LogP contribution < -0.4 is 0 Å². The van der Waals surface area contributed by atoms with Gasteiger partial charge in [0.15, 0.2) is 0 Å². The minimum Gasteiger partial charge on any atom is -0.393 e. The van der Waals surface area contributed by atoms with E-state index in [4.69, 9.17) is 0 Å². The van der Waals surface area contributed by atoms with Gasteiger partial charge in [0, 0.05) is 6.42 Å². The van der Waals surface area contributed by atoms with Gasteiger partial charge in [0.25, 0.3) is 5.60 Å². The molecule has 0 spiro atoms. The molecule has 1 aliphatic rings. The summed E-state index contributed by atoms with van der Waals surface area (Å²) in [5, 5.41) is 28.7. The second kappa shape index (κ2) is 10.5. The molecule has 0 saturated heterocycles. The smallest absolute Gasteiger partial charge is 0.393 e. The first-order valence-corrected chi connectivity index (χ1v) is 10.3. The lowest BCUT2D eigenvalue weighted by Gasteiger charge is -2.33. The number of allylic oxidation sites excluding steroid dienone is 3. The Bertz CT molecular complexity index is 647. The SMILES string of the molecule is C=C1/C(=C\C=C\CCCC(C)(C)CCCC(O)(C(F)(F)F)C(F)(F)F)C[C@@H](O)C[C@@H]1O. The molecule has 3 nitrogen and oxygen atoms in total. The second-order valence-corrected chi connectivity index (χ2v) is 9.02. The van der Waals surface area contributed by atoms with Crippen LogP contribution in [0.2, 0.25) is 0 Å². The molecule has 1 fully saturated rings. The van der Waals surface area contributed by atoms with Crippen LogP contribution in [0.1, 0.15) is 65.2 Å². The van der Waals surface area contributed by atoms with Crippen molar-refractivity contribution in [3.63, 3.8) is 0 Å². The Morgan fingerprint density at radius 3 is 2.06 bits per heavy atom. The number of aliphatic hydroxyl groups excluding tert-OH is 2. The van der Waals surface area contributed by atoms with Gasteiger partial charge in [-0.1, -0.05) is 38.7 Å². The molecule has 0 unspecified atom stereocenters. The van der Waals surface area contributed by atoms with Crippen LogP contribution in [0.5, 0.6) is 0 Å². The molecule has 2 atom stereocenters. The standard InChI is InChI=1S/C22H32F6O3/c1-15-16(13-17(29)14-18(15)30)9-6-4-5-7-10-19(2,3)11-8-12-20(31,21(23,24)25)22(26,27)28/h4,6,9,17-18,29-31H,1,5,7-8,10-14H2,2-3H3/b6-4+,16-9-/t17-,18+/m1/s1. The Morgan fingerprint density at radius 2 is 1.52 bits per heavy atom. The highest BCUT2D eigenvalue weighted by Crippen LogP contribution is 2.46. The molecule has 0 aromatic heterocycles. The van der Waals surface area contributed by atoms with Gasteiger partial charge in [-0.15, -0.1) is 0 Å². The summed E-state index contributed by atoms with van der Waals surface area (Å²) in [6.45, 7) is 7.36. The van der Waals surface area contributed by atoms with Gasteiger partial charge in [-0.25, -0.2) is 0 Å². The summed E-state index contributed by atoms with van der Waals surface area (Å²) in [4.78, 5) is 0. The average Bonchev–Trinajstić information content (AvgIpc) is 2.59. The molecular weight excluding hydrogens is 426 g/mol. The maximum atomic E-state index is 12.7. The van der Waals surface area contributed by atoms with Crippen molar-refractivity contribution >= 4 is 0 Å². The fourth-order valence-electron chi connectivity index (χ4n) is 3.63. The van der Waals surface area contributed by atoms with Crippen LogP contribution in [0.3, 0.4) is 0 Å². The number of alkyl halides is 6. The molecular formula is C22H32F6O3. The van der Waals surface area contributed by atoms with E-state index in [1.54, 1.807) is 26.0 Å². The molecule has 1 rings (SSSR count). The molecule has 1 aliphatic carbocycles. The van der Waals surface area contributed by atoms with Gasteiger partial charge in [0.05, 0.1) is 12.2 Å². The fraction of sp³-hybridized carbons (Fsp3) is 0.727. The number of hydrogen-bond acceptors (Lipinski definition) is 3. The molecule has 0 bridgehead atoms. The Kier molecular flexibility index (Phi) is 9.41. The highest BCUT2D eigenvalue weighted by atomic mass is 19.4. The Balaban J connectivity index is 2.47. The molecule has 0 aromatic carbocycles. The molecule has 1 saturated carbocycles. The van der Waals surface area contributed by atoms with Gasteiger partial charge in [-0.05, 0) is 61.5 Å². The minimum atomic E-state index is -5.77. The van der Waals surface area contributed by atoms with Crippen molar-refractivity contribution in [2.24, 2.45) is 5.41 Å². The molecule has 3 N–H and O–H groups in total. The normalized spacial score (nSPS) is 23.2. The third kappa shape index (κ3) is 7.95. The first-order valence-electron chi connectivity index (χ1n) is 10.3. The predicted octanol–water partition coefficient (Wildman–Crippen LogP) is 5.76. The molecule has 0 aliphatic heterocycles. The van der Waals surface area contributed by atoms with Gasteiger partial charge in [-0.3, -0.25) is 0 Å². The van der Waals surface area contributed by atoms with Crippen LogP contribution in [0.4, 0.5) is 26.3 Å². The van der Waals surface area contributed by atoms with Crippen LogP contribution in [0.15, 0.2) is 36.0 Å². The van der Waals surface area contributed by atoms with Gasteiger partial charge >= 0.3 is 12.4 Å². The van der Waals surface area contributed by atoms with Gasteiger partial charge in [0.1, 0.15) is 0 Å². The van der Waals surface area contributed by atoms with E-state index in [0.717, 1.165) is 5.57 Å². The lowest BCUT2D eigenvalue weighted by atomic mass is 9.80. The molecule has 31 heavy (non-hydrogen) atoms. The maximum absolute atomic E-state index is 12.7. The van der Waals surface area contributed by atoms with Crippen LogP contribution >= 0.6 is 0 Å². The topological polar surface area (TPSA) is 60.7 Å². The van der Waals surface area contributed by atoms with Crippen LogP contribution in [-0.4, -0.2) is 45.5 Å². The largest absolute Gasteiger partial charge is 0.426 e. The number of aliphatic hydroxyl groups is 3. The Morgan fingerprint density at radius 1 is 0.968 bits per heavy atom. The van der Waals surface area contributed by atoms with Crippen LogP contribution in [-0.2, 0) is 0 Å². The van der Waals surface area contributed by atoms with E-state index in [-0.39, 0.29) is 12.8 Å². The number of rotatable bonds is 9. The lowest BCUT2D eigenvalue weighted by molar-refractivity contribution is -0.370. The third-order valence-corrected chi connectivity index (χ3v) is 5.75. The molecule has 0 radical (unpaired) electrons. The maximum Gasteiger partial charge on any atom is 0.426 e. The zero-order valence-electron chi connectivity index (χ0n) is 17.9. The summed E-state index contributed by atoms with van der Waals surface area (Å²) in [7, 11) is 0. The number of hydrogen-bond donors (Lipinski definition) is 3. The van der Waals surface area contributed by atoms with Gasteiger partial charge in [0.2, 0.25) is 0 Å². The molecule has 0 heterocycles. The fourth-order valence-corrected chi connectivity index (χ4v) is 3.63. The van der Waals surface area contributed by atoms with E-state index in [0.29, 0.717) is 31.3 Å². The van der Waals surface area contributed by atoms with E-state index < -0.39 is 48.4 Å². The third-order valence-electron chi connectivity index (χ3n) is 5.75. The minimum absolute atomic E-state index is 0.116. The van der Waals surface area contributed by atoms with Crippen molar-refractivity contribution in [2.75, 3.05) is 0 Å². The molecule has 0 aromatic rings. The van der Waals surface area contributed by atoms with Crippen molar-refractivity contribution in [3.8, 4) is 0 Å². The highest BCUT2D eigenvalue weighted by Gasteiger charge is 2.69. The monoisotopic (exact) mass is 458 g/mol. The van der Waals surface area contributed by atoms with Gasteiger partial charge < -0.3 is 15.3 Å². The van der Waals surface area contributed by atoms with Gasteiger partial charge in [-0.2, -0.15) is 26.3 Å². The van der Waals surface area contributed by atoms with E-state index in [1.165, 1.54) is 0 Å². The average molecular weight is 458 g/mol. The van der Waals surface area contributed by atoms with E-state index in [2.05, 4.69) is 6.58 Å². The molecule has 9 heteroatoms. The van der Waals surface area contributed by atoms with Crippen molar-refractivity contribution in [1.82, 2.24) is 0 Å². The number of unbranched alkanes of at least 4 members (excludes halogenated alkanes) is 1. The summed E-state index contributed by atoms with van der Waals surface area (Å²) < 4.78 is 76.4.